The van der Waals surface area contributed by atoms with Crippen LogP contribution in [0.4, 0.5) is 0 Å². The van der Waals surface area contributed by atoms with E-state index in [2.05, 4.69) is 12.1 Å². The summed E-state index contributed by atoms with van der Waals surface area (Å²) >= 11 is 0. The van der Waals surface area contributed by atoms with Gasteiger partial charge in [-0.05, 0) is 48.5 Å². The van der Waals surface area contributed by atoms with Gasteiger partial charge in [-0.2, -0.15) is 10.5 Å². The molecule has 6 heteroatoms. The molecular weight excluding hydrogens is 404 g/mol. The number of hydrogen-bond donors (Lipinski definition) is 0. The van der Waals surface area contributed by atoms with Crippen LogP contribution in [-0.2, 0) is 0 Å². The molecule has 32 heavy (non-hydrogen) atoms. The van der Waals surface area contributed by atoms with Gasteiger partial charge in [-0.3, -0.25) is 0 Å². The molecule has 0 aromatic heterocycles. The van der Waals surface area contributed by atoms with Crippen molar-refractivity contribution in [3.8, 4) is 58.1 Å². The average molecular weight is 418 g/mol. The summed E-state index contributed by atoms with van der Waals surface area (Å²) < 4.78 is 22.6. The molecule has 0 N–H and O–H groups in total. The minimum absolute atomic E-state index is 0.479. The van der Waals surface area contributed by atoms with Crippen LogP contribution in [-0.4, -0.2) is 0 Å². The first kappa shape index (κ1) is 19.0. The Morgan fingerprint density at radius 1 is 0.406 bits per heavy atom. The maximum Gasteiger partial charge on any atom is 0.187 e. The predicted molar refractivity (Wildman–Crippen MR) is 115 cm³/mol. The first-order valence-electron chi connectivity index (χ1n) is 9.72. The summed E-state index contributed by atoms with van der Waals surface area (Å²) in [6.07, 6.45) is 0. The minimum atomic E-state index is 0.479. The molecule has 6 rings (SSSR count). The van der Waals surface area contributed by atoms with E-state index in [9.17, 15) is 0 Å². The van der Waals surface area contributed by atoms with E-state index in [0.29, 0.717) is 57.1 Å². The number of nitriles is 2. The van der Waals surface area contributed by atoms with E-state index >= 15 is 0 Å². The number of rotatable bonds is 0. The van der Waals surface area contributed by atoms with Crippen LogP contribution < -0.4 is 18.9 Å². The topological polar surface area (TPSA) is 84.5 Å². The largest absolute Gasteiger partial charge is 0.449 e. The van der Waals surface area contributed by atoms with Crippen molar-refractivity contribution >= 4 is 0 Å². The Morgan fingerprint density at radius 3 is 1.12 bits per heavy atom. The van der Waals surface area contributed by atoms with Gasteiger partial charge >= 0.3 is 0 Å². The van der Waals surface area contributed by atoms with Crippen molar-refractivity contribution in [1.29, 1.82) is 10.5 Å². The summed E-state index contributed by atoms with van der Waals surface area (Å²) in [7, 11) is 0. The van der Waals surface area contributed by atoms with Crippen molar-refractivity contribution in [3.05, 3.63) is 96.1 Å². The van der Waals surface area contributed by atoms with E-state index < -0.39 is 0 Å². The molecule has 0 bridgehead atoms. The molecule has 0 atom stereocenters. The van der Waals surface area contributed by atoms with Crippen molar-refractivity contribution in [2.75, 3.05) is 0 Å². The molecule has 0 saturated carbocycles. The fourth-order valence-corrected chi connectivity index (χ4v) is 3.27. The van der Waals surface area contributed by atoms with Gasteiger partial charge in [0.25, 0.3) is 0 Å². The van der Waals surface area contributed by atoms with Crippen LogP contribution in [0.15, 0.2) is 84.9 Å². The monoisotopic (exact) mass is 418 g/mol. The fourth-order valence-electron chi connectivity index (χ4n) is 3.27. The Hall–Kier alpha value is -4.94. The molecule has 0 saturated heterocycles. The highest BCUT2D eigenvalue weighted by atomic mass is 16.6. The fraction of sp³-hybridized carbons (Fsp3) is 0. The third-order valence-electron chi connectivity index (χ3n) is 4.76. The van der Waals surface area contributed by atoms with E-state index in [1.54, 1.807) is 36.4 Å². The SMILES string of the molecule is N#Cc1cccc2c1Oc1ccccc1O2.N#Cc1cccc2c1Oc1ccccc1O2. The molecule has 2 aliphatic rings. The van der Waals surface area contributed by atoms with Crippen molar-refractivity contribution in [2.24, 2.45) is 0 Å². The van der Waals surface area contributed by atoms with E-state index in [1.807, 2.05) is 48.5 Å². The Kier molecular flexibility index (Phi) is 4.80. The molecule has 6 nitrogen and oxygen atoms in total. The highest BCUT2D eigenvalue weighted by Gasteiger charge is 2.21. The van der Waals surface area contributed by atoms with Crippen molar-refractivity contribution < 1.29 is 18.9 Å². The van der Waals surface area contributed by atoms with Crippen molar-refractivity contribution in [2.45, 2.75) is 0 Å². The van der Waals surface area contributed by atoms with Gasteiger partial charge in [0.2, 0.25) is 0 Å². The molecule has 0 amide bonds. The first-order valence-corrected chi connectivity index (χ1v) is 9.72. The Balaban J connectivity index is 0.000000135. The first-order chi connectivity index (χ1) is 15.8. The van der Waals surface area contributed by atoms with Crippen LogP contribution in [0.3, 0.4) is 0 Å². The molecule has 0 radical (unpaired) electrons. The average Bonchev–Trinajstić information content (AvgIpc) is 2.85. The van der Waals surface area contributed by atoms with Gasteiger partial charge in [0.1, 0.15) is 12.1 Å². The van der Waals surface area contributed by atoms with E-state index in [0.717, 1.165) is 0 Å². The summed E-state index contributed by atoms with van der Waals surface area (Å²) in [5.41, 5.74) is 0.957. The van der Waals surface area contributed by atoms with Gasteiger partial charge in [0, 0.05) is 0 Å². The molecule has 0 spiro atoms. The van der Waals surface area contributed by atoms with Crippen LogP contribution in [0.25, 0.3) is 0 Å². The maximum atomic E-state index is 8.96. The molecule has 0 aliphatic carbocycles. The Morgan fingerprint density at radius 2 is 0.750 bits per heavy atom. The number of ether oxygens (including phenoxy) is 4. The van der Waals surface area contributed by atoms with Gasteiger partial charge in [0.15, 0.2) is 46.0 Å². The lowest BCUT2D eigenvalue weighted by atomic mass is 10.2. The normalized spacial score (nSPS) is 11.4. The van der Waals surface area contributed by atoms with E-state index in [1.165, 1.54) is 0 Å². The molecule has 152 valence electrons. The van der Waals surface area contributed by atoms with Gasteiger partial charge < -0.3 is 18.9 Å². The summed E-state index contributed by atoms with van der Waals surface area (Å²) in [6.45, 7) is 0. The van der Waals surface area contributed by atoms with Crippen molar-refractivity contribution in [1.82, 2.24) is 0 Å². The number of fused-ring (bicyclic) bond motifs is 4. The summed E-state index contributed by atoms with van der Waals surface area (Å²) in [4.78, 5) is 0. The van der Waals surface area contributed by atoms with Crippen LogP contribution in [0.1, 0.15) is 11.1 Å². The third-order valence-corrected chi connectivity index (χ3v) is 4.76. The zero-order valence-corrected chi connectivity index (χ0v) is 16.6. The van der Waals surface area contributed by atoms with Crippen LogP contribution in [0.2, 0.25) is 0 Å². The maximum absolute atomic E-state index is 8.96. The van der Waals surface area contributed by atoms with Gasteiger partial charge in [-0.25, -0.2) is 0 Å². The molecule has 2 heterocycles. The number of para-hydroxylation sites is 6. The Bertz CT molecular complexity index is 1310. The quantitative estimate of drug-likeness (QED) is 0.266. The molecule has 0 unspecified atom stereocenters. The minimum Gasteiger partial charge on any atom is -0.449 e. The Labute approximate surface area is 184 Å². The molecule has 0 fully saturated rings. The highest BCUT2D eigenvalue weighted by Crippen LogP contribution is 2.47. The zero-order valence-electron chi connectivity index (χ0n) is 16.6. The number of nitrogens with zero attached hydrogens (tertiary/aromatic N) is 2. The van der Waals surface area contributed by atoms with Gasteiger partial charge in [-0.1, -0.05) is 36.4 Å². The molecule has 4 aromatic rings. The van der Waals surface area contributed by atoms with E-state index in [-0.39, 0.29) is 0 Å². The lowest BCUT2D eigenvalue weighted by molar-refractivity contribution is 0.359. The second-order valence-corrected chi connectivity index (χ2v) is 6.79. The second kappa shape index (κ2) is 8.06. The van der Waals surface area contributed by atoms with Gasteiger partial charge in [0.05, 0.1) is 11.1 Å². The lowest BCUT2D eigenvalue weighted by Crippen LogP contribution is -2.00. The number of benzene rings is 4. The van der Waals surface area contributed by atoms with Crippen LogP contribution >= 0.6 is 0 Å². The van der Waals surface area contributed by atoms with Crippen LogP contribution in [0.5, 0.6) is 46.0 Å². The molecule has 2 aliphatic heterocycles. The smallest absolute Gasteiger partial charge is 0.187 e. The lowest BCUT2D eigenvalue weighted by Gasteiger charge is -2.20. The standard InChI is InChI=1S/2C13H7NO2/c2*14-8-9-4-3-7-12-13(9)16-11-6-2-1-5-10(11)15-12/h2*1-7H. The zero-order chi connectivity index (χ0) is 21.9. The van der Waals surface area contributed by atoms with Crippen molar-refractivity contribution in [3.63, 3.8) is 0 Å². The third kappa shape index (κ3) is 3.43. The van der Waals surface area contributed by atoms with Crippen LogP contribution in [0, 0.1) is 22.7 Å². The molecule has 4 aromatic carbocycles. The summed E-state index contributed by atoms with van der Waals surface area (Å²) in [5.74, 6) is 4.76. The summed E-state index contributed by atoms with van der Waals surface area (Å²) in [5, 5.41) is 17.9. The van der Waals surface area contributed by atoms with Gasteiger partial charge in [-0.15, -0.1) is 0 Å². The summed E-state index contributed by atoms with van der Waals surface area (Å²) in [6, 6.07) is 29.4. The number of hydrogen-bond acceptors (Lipinski definition) is 6. The van der Waals surface area contributed by atoms with E-state index in [4.69, 9.17) is 29.5 Å². The highest BCUT2D eigenvalue weighted by molar-refractivity contribution is 5.61. The second-order valence-electron chi connectivity index (χ2n) is 6.79. The predicted octanol–water partition coefficient (Wildman–Crippen LogP) is 6.91. The molecular formula is C26H14N2O4.